The summed E-state index contributed by atoms with van der Waals surface area (Å²) in [7, 11) is 0. The van der Waals surface area contributed by atoms with Gasteiger partial charge in [0.1, 0.15) is 0 Å². The molecule has 4 unspecified atom stereocenters. The fourth-order valence-electron chi connectivity index (χ4n) is 3.69. The maximum absolute atomic E-state index is 2.49. The summed E-state index contributed by atoms with van der Waals surface area (Å²) in [5.41, 5.74) is 0.598. The average Bonchev–Trinajstić information content (AvgIpc) is 2.64. The Balaban J connectivity index is 2.60. The molecule has 0 nitrogen and oxygen atoms in total. The summed E-state index contributed by atoms with van der Waals surface area (Å²) >= 11 is 0. The molecule has 0 N–H and O–H groups in total. The van der Waals surface area contributed by atoms with Gasteiger partial charge in [-0.05, 0) is 61.7 Å². The molecule has 0 spiro atoms. The van der Waals surface area contributed by atoms with Crippen molar-refractivity contribution in [2.24, 2.45) is 29.1 Å². The summed E-state index contributed by atoms with van der Waals surface area (Å²) < 4.78 is 0. The van der Waals surface area contributed by atoms with E-state index in [1.165, 1.54) is 25.7 Å². The van der Waals surface area contributed by atoms with Crippen LogP contribution in [-0.4, -0.2) is 0 Å². The minimum atomic E-state index is 0.598. The molecule has 0 radical (unpaired) electrons. The van der Waals surface area contributed by atoms with E-state index in [1.807, 2.05) is 0 Å². The molecule has 4 atom stereocenters. The first-order valence-corrected chi connectivity index (χ1v) is 7.54. The van der Waals surface area contributed by atoms with E-state index in [-0.39, 0.29) is 0 Å². The maximum Gasteiger partial charge on any atom is -0.0208 e. The lowest BCUT2D eigenvalue weighted by molar-refractivity contribution is 0.203. The molecule has 0 heteroatoms. The maximum atomic E-state index is 2.49. The highest BCUT2D eigenvalue weighted by molar-refractivity contribution is 4.92. The lowest BCUT2D eigenvalue weighted by Gasteiger charge is -2.31. The highest BCUT2D eigenvalue weighted by atomic mass is 14.4. The number of hydrogen-bond acceptors (Lipinski definition) is 0. The zero-order chi connectivity index (χ0) is 13.1. The monoisotopic (exact) mass is 236 g/mol. The first kappa shape index (κ1) is 14.8. The predicted octanol–water partition coefficient (Wildman–Crippen LogP) is 5.69. The van der Waals surface area contributed by atoms with Crippen molar-refractivity contribution in [2.75, 3.05) is 0 Å². The third-order valence-corrected chi connectivity index (χ3v) is 5.17. The molecule has 0 bridgehead atoms. The van der Waals surface area contributed by atoms with Crippen molar-refractivity contribution in [3.63, 3.8) is 0 Å². The first-order chi connectivity index (χ1) is 7.91. The Morgan fingerprint density at radius 3 is 2.35 bits per heavy atom. The van der Waals surface area contributed by atoms with Crippen LogP contribution >= 0.6 is 0 Å². The molecule has 0 amide bonds. The lowest BCUT2D eigenvalue weighted by Crippen LogP contribution is -2.23. The smallest absolute Gasteiger partial charge is 0.0208 e. The van der Waals surface area contributed by atoms with E-state index in [1.54, 1.807) is 0 Å². The van der Waals surface area contributed by atoms with Gasteiger partial charge in [-0.15, -0.1) is 0 Å². The third kappa shape index (κ3) is 3.86. The van der Waals surface area contributed by atoms with E-state index < -0.39 is 0 Å². The largest absolute Gasteiger partial charge is 0.0914 e. The van der Waals surface area contributed by atoms with Gasteiger partial charge in [0.25, 0.3) is 0 Å². The van der Waals surface area contributed by atoms with Gasteiger partial charge >= 0.3 is 0 Å². The minimum Gasteiger partial charge on any atom is -0.0914 e. The van der Waals surface area contributed by atoms with E-state index in [2.05, 4.69) is 53.7 Å². The topological polar surface area (TPSA) is 0 Å². The number of rotatable bonds is 5. The molecular formula is C17H32. The van der Waals surface area contributed by atoms with E-state index in [4.69, 9.17) is 0 Å². The zero-order valence-corrected chi connectivity index (χ0v) is 12.8. The molecule has 100 valence electrons. The fourth-order valence-corrected chi connectivity index (χ4v) is 3.69. The quantitative estimate of drug-likeness (QED) is 0.538. The average molecular weight is 236 g/mol. The zero-order valence-electron chi connectivity index (χ0n) is 12.8. The van der Waals surface area contributed by atoms with Crippen molar-refractivity contribution in [3.8, 4) is 0 Å². The summed E-state index contributed by atoms with van der Waals surface area (Å²) in [5, 5.41) is 0. The van der Waals surface area contributed by atoms with Gasteiger partial charge in [0.15, 0.2) is 0 Å². The van der Waals surface area contributed by atoms with Gasteiger partial charge in [-0.25, -0.2) is 0 Å². The SMILES string of the molecule is CC=CC(CC)C(C)C(C)C1CCC(C)(C)C1. The predicted molar refractivity (Wildman–Crippen MR) is 78.0 cm³/mol. The van der Waals surface area contributed by atoms with Gasteiger partial charge in [0, 0.05) is 0 Å². The number of hydrogen-bond donors (Lipinski definition) is 0. The van der Waals surface area contributed by atoms with Crippen molar-refractivity contribution in [2.45, 2.75) is 67.2 Å². The molecule has 1 fully saturated rings. The van der Waals surface area contributed by atoms with Crippen molar-refractivity contribution in [1.29, 1.82) is 0 Å². The summed E-state index contributed by atoms with van der Waals surface area (Å²) in [6.45, 7) is 14.3. The van der Waals surface area contributed by atoms with Gasteiger partial charge in [-0.3, -0.25) is 0 Å². The van der Waals surface area contributed by atoms with Crippen LogP contribution in [0, 0.1) is 29.1 Å². The van der Waals surface area contributed by atoms with Crippen LogP contribution in [0.15, 0.2) is 12.2 Å². The molecule has 17 heavy (non-hydrogen) atoms. The van der Waals surface area contributed by atoms with E-state index in [0.29, 0.717) is 5.41 Å². The van der Waals surface area contributed by atoms with Crippen LogP contribution in [0.5, 0.6) is 0 Å². The molecule has 0 saturated heterocycles. The molecule has 1 rings (SSSR count). The second-order valence-electron chi connectivity index (χ2n) is 6.98. The lowest BCUT2D eigenvalue weighted by atomic mass is 9.74. The Morgan fingerprint density at radius 2 is 1.94 bits per heavy atom. The highest BCUT2D eigenvalue weighted by Crippen LogP contribution is 2.46. The van der Waals surface area contributed by atoms with Crippen LogP contribution in [0.1, 0.15) is 67.2 Å². The van der Waals surface area contributed by atoms with Crippen molar-refractivity contribution in [3.05, 3.63) is 12.2 Å². The standard InChI is InChI=1S/C17H32/c1-7-9-15(8-2)13(3)14(4)16-10-11-17(5,6)12-16/h7,9,13-16H,8,10-12H2,1-6H3. The van der Waals surface area contributed by atoms with Crippen LogP contribution in [0.3, 0.4) is 0 Å². The summed E-state index contributed by atoms with van der Waals surface area (Å²) in [5.74, 6) is 3.44. The van der Waals surface area contributed by atoms with Gasteiger partial charge in [0.2, 0.25) is 0 Å². The number of allylic oxidation sites excluding steroid dienone is 2. The van der Waals surface area contributed by atoms with Crippen LogP contribution in [-0.2, 0) is 0 Å². The Labute approximate surface area is 109 Å². The molecule has 0 aromatic heterocycles. The van der Waals surface area contributed by atoms with Crippen LogP contribution in [0.25, 0.3) is 0 Å². The summed E-state index contributed by atoms with van der Waals surface area (Å²) in [6.07, 6.45) is 10.2. The van der Waals surface area contributed by atoms with E-state index in [9.17, 15) is 0 Å². The molecule has 0 heterocycles. The van der Waals surface area contributed by atoms with Gasteiger partial charge < -0.3 is 0 Å². The third-order valence-electron chi connectivity index (χ3n) is 5.17. The second kappa shape index (κ2) is 6.07. The van der Waals surface area contributed by atoms with Gasteiger partial charge in [0.05, 0.1) is 0 Å². The summed E-state index contributed by atoms with van der Waals surface area (Å²) in [4.78, 5) is 0. The molecule has 0 aromatic rings. The van der Waals surface area contributed by atoms with Crippen molar-refractivity contribution < 1.29 is 0 Å². The molecule has 0 aromatic carbocycles. The van der Waals surface area contributed by atoms with E-state index in [0.717, 1.165) is 23.7 Å². The molecular weight excluding hydrogens is 204 g/mol. The minimum absolute atomic E-state index is 0.598. The van der Waals surface area contributed by atoms with Crippen LogP contribution in [0.2, 0.25) is 0 Å². The molecule has 1 aliphatic carbocycles. The highest BCUT2D eigenvalue weighted by Gasteiger charge is 2.36. The first-order valence-electron chi connectivity index (χ1n) is 7.54. The Morgan fingerprint density at radius 1 is 1.29 bits per heavy atom. The van der Waals surface area contributed by atoms with Crippen molar-refractivity contribution in [1.82, 2.24) is 0 Å². The fraction of sp³-hybridized carbons (Fsp3) is 0.882. The normalized spacial score (nSPS) is 29.4. The van der Waals surface area contributed by atoms with Crippen LogP contribution in [0.4, 0.5) is 0 Å². The molecule has 1 aliphatic rings. The van der Waals surface area contributed by atoms with Crippen LogP contribution < -0.4 is 0 Å². The van der Waals surface area contributed by atoms with Crippen molar-refractivity contribution >= 4 is 0 Å². The molecule has 1 saturated carbocycles. The molecule has 0 aliphatic heterocycles. The summed E-state index contributed by atoms with van der Waals surface area (Å²) in [6, 6.07) is 0. The Kier molecular flexibility index (Phi) is 5.28. The van der Waals surface area contributed by atoms with Gasteiger partial charge in [-0.1, -0.05) is 46.8 Å². The van der Waals surface area contributed by atoms with E-state index >= 15 is 0 Å². The Hall–Kier alpha value is -0.260. The van der Waals surface area contributed by atoms with Gasteiger partial charge in [-0.2, -0.15) is 0 Å². The second-order valence-corrected chi connectivity index (χ2v) is 6.98. The Bertz CT molecular complexity index is 249.